The number of fused-ring (bicyclic) bond motifs is 1. The van der Waals surface area contributed by atoms with E-state index >= 15 is 0 Å². The molecule has 80 valence electrons. The van der Waals surface area contributed by atoms with Gasteiger partial charge in [-0.15, -0.1) is 0 Å². The number of halogens is 2. The zero-order valence-corrected chi connectivity index (χ0v) is 9.69. The highest BCUT2D eigenvalue weighted by Gasteiger charge is 2.21. The Bertz CT molecular complexity index is 422. The van der Waals surface area contributed by atoms with Crippen molar-refractivity contribution in [2.45, 2.75) is 19.4 Å². The van der Waals surface area contributed by atoms with Crippen molar-refractivity contribution in [2.24, 2.45) is 0 Å². The van der Waals surface area contributed by atoms with Crippen LogP contribution in [-0.2, 0) is 4.79 Å². The minimum atomic E-state index is -0.428. The third-order valence-electron chi connectivity index (χ3n) is 2.25. The number of carbonyl (C=O) groups is 1. The van der Waals surface area contributed by atoms with Gasteiger partial charge in [-0.25, -0.2) is 4.39 Å². The minimum Gasteiger partial charge on any atom is -0.379 e. The van der Waals surface area contributed by atoms with Crippen LogP contribution in [0.1, 0.15) is 13.3 Å². The van der Waals surface area contributed by atoms with E-state index in [1.54, 1.807) is 6.07 Å². The summed E-state index contributed by atoms with van der Waals surface area (Å²) in [5.41, 5.74) is 0.826. The molecule has 5 heteroatoms. The molecule has 0 spiro atoms. The van der Waals surface area contributed by atoms with E-state index in [4.69, 9.17) is 0 Å². The first-order chi connectivity index (χ1) is 7.08. The molecule has 0 saturated carbocycles. The molecule has 0 saturated heterocycles. The molecule has 0 aromatic heterocycles. The van der Waals surface area contributed by atoms with E-state index in [9.17, 15) is 9.18 Å². The maximum absolute atomic E-state index is 13.5. The smallest absolute Gasteiger partial charge is 0.226 e. The number of amides is 1. The number of hydrogen-bond acceptors (Lipinski definition) is 2. The Balaban J connectivity index is 2.54. The molecule has 0 bridgehead atoms. The fourth-order valence-corrected chi connectivity index (χ4v) is 2.03. The lowest BCUT2D eigenvalue weighted by Gasteiger charge is -2.13. The summed E-state index contributed by atoms with van der Waals surface area (Å²) in [4.78, 5) is 11.4. The third kappa shape index (κ3) is 1.97. The summed E-state index contributed by atoms with van der Waals surface area (Å²) in [6.07, 6.45) is 0.334. The molecule has 2 N–H and O–H groups in total. The molecule has 15 heavy (non-hydrogen) atoms. The van der Waals surface area contributed by atoms with E-state index in [0.717, 1.165) is 4.47 Å². The normalized spacial score (nSPS) is 19.9. The summed E-state index contributed by atoms with van der Waals surface area (Å²) in [6, 6.07) is 2.93. The number of anilines is 2. The summed E-state index contributed by atoms with van der Waals surface area (Å²) < 4.78 is 14.2. The predicted octanol–water partition coefficient (Wildman–Crippen LogP) is 2.73. The minimum absolute atomic E-state index is 0.00986. The average Bonchev–Trinajstić information content (AvgIpc) is 2.31. The number of nitrogens with one attached hydrogen (secondary N) is 2. The number of carbonyl (C=O) groups excluding carboxylic acids is 1. The van der Waals surface area contributed by atoms with Crippen LogP contribution in [0.2, 0.25) is 0 Å². The molecule has 1 amide bonds. The first kappa shape index (κ1) is 10.4. The standard InChI is InChI=1S/C10H10BrFN2O/c1-5-4-8(15)14-10-7(12)3-2-6(11)9(10)13-5/h2-3,5,13H,4H2,1H3,(H,14,15). The molecule has 3 nitrogen and oxygen atoms in total. The van der Waals surface area contributed by atoms with E-state index in [1.165, 1.54) is 6.07 Å². The van der Waals surface area contributed by atoms with E-state index in [1.807, 2.05) is 6.92 Å². The molecule has 1 atom stereocenters. The number of benzene rings is 1. The van der Waals surface area contributed by atoms with Crippen molar-refractivity contribution < 1.29 is 9.18 Å². The zero-order chi connectivity index (χ0) is 11.0. The van der Waals surface area contributed by atoms with Crippen LogP contribution in [0, 0.1) is 5.82 Å². The van der Waals surface area contributed by atoms with Gasteiger partial charge in [0, 0.05) is 16.9 Å². The second-order valence-corrected chi connectivity index (χ2v) is 4.43. The van der Waals surface area contributed by atoms with Gasteiger partial charge in [-0.1, -0.05) is 0 Å². The molecule has 1 aromatic rings. The molecule has 1 aliphatic heterocycles. The Labute approximate surface area is 95.2 Å². The molecular formula is C10H10BrFN2O. The van der Waals surface area contributed by atoms with Gasteiger partial charge in [-0.3, -0.25) is 4.79 Å². The van der Waals surface area contributed by atoms with Crippen molar-refractivity contribution in [1.82, 2.24) is 0 Å². The van der Waals surface area contributed by atoms with Crippen molar-refractivity contribution in [2.75, 3.05) is 10.6 Å². The highest BCUT2D eigenvalue weighted by molar-refractivity contribution is 9.10. The van der Waals surface area contributed by atoms with Crippen molar-refractivity contribution in [3.63, 3.8) is 0 Å². The monoisotopic (exact) mass is 272 g/mol. The van der Waals surface area contributed by atoms with Gasteiger partial charge in [0.15, 0.2) is 0 Å². The SMILES string of the molecule is CC1CC(=O)Nc2c(F)ccc(Br)c2N1. The summed E-state index contributed by atoms with van der Waals surface area (Å²) in [5.74, 6) is -0.603. The van der Waals surface area contributed by atoms with Crippen molar-refractivity contribution in [3.8, 4) is 0 Å². The molecule has 1 aliphatic rings. The largest absolute Gasteiger partial charge is 0.379 e. The first-order valence-electron chi connectivity index (χ1n) is 4.62. The van der Waals surface area contributed by atoms with Crippen LogP contribution in [0.4, 0.5) is 15.8 Å². The molecule has 1 aromatic carbocycles. The molecular weight excluding hydrogens is 263 g/mol. The molecule has 1 unspecified atom stereocenters. The molecule has 1 heterocycles. The third-order valence-corrected chi connectivity index (χ3v) is 2.91. The van der Waals surface area contributed by atoms with Gasteiger partial charge in [-0.05, 0) is 35.0 Å². The van der Waals surface area contributed by atoms with Crippen LogP contribution in [0.15, 0.2) is 16.6 Å². The summed E-state index contributed by atoms with van der Waals surface area (Å²) in [5, 5.41) is 5.65. The van der Waals surface area contributed by atoms with Crippen LogP contribution < -0.4 is 10.6 Å². The first-order valence-corrected chi connectivity index (χ1v) is 5.41. The van der Waals surface area contributed by atoms with Gasteiger partial charge in [-0.2, -0.15) is 0 Å². The van der Waals surface area contributed by atoms with Crippen molar-refractivity contribution in [3.05, 3.63) is 22.4 Å². The molecule has 0 fully saturated rings. The van der Waals surface area contributed by atoms with Crippen molar-refractivity contribution >= 4 is 33.2 Å². The van der Waals surface area contributed by atoms with Crippen LogP contribution >= 0.6 is 15.9 Å². The Morgan fingerprint density at radius 3 is 2.93 bits per heavy atom. The van der Waals surface area contributed by atoms with Crippen LogP contribution in [-0.4, -0.2) is 11.9 Å². The van der Waals surface area contributed by atoms with Crippen LogP contribution in [0.3, 0.4) is 0 Å². The zero-order valence-electron chi connectivity index (χ0n) is 8.10. The van der Waals surface area contributed by atoms with Gasteiger partial charge in [0.2, 0.25) is 5.91 Å². The Morgan fingerprint density at radius 2 is 2.20 bits per heavy atom. The maximum atomic E-state index is 13.5. The van der Waals surface area contributed by atoms with Crippen LogP contribution in [0.5, 0.6) is 0 Å². The molecule has 2 rings (SSSR count). The van der Waals surface area contributed by atoms with Gasteiger partial charge in [0.05, 0.1) is 5.69 Å². The number of hydrogen-bond donors (Lipinski definition) is 2. The quantitative estimate of drug-likeness (QED) is 0.763. The maximum Gasteiger partial charge on any atom is 0.226 e. The Kier molecular flexibility index (Phi) is 2.65. The Hall–Kier alpha value is -1.10. The second kappa shape index (κ2) is 3.81. The fourth-order valence-electron chi connectivity index (χ4n) is 1.58. The highest BCUT2D eigenvalue weighted by Crippen LogP contribution is 2.35. The van der Waals surface area contributed by atoms with E-state index < -0.39 is 5.82 Å². The van der Waals surface area contributed by atoms with Gasteiger partial charge < -0.3 is 10.6 Å². The second-order valence-electron chi connectivity index (χ2n) is 3.58. The molecule has 0 aliphatic carbocycles. The fraction of sp³-hybridized carbons (Fsp3) is 0.300. The topological polar surface area (TPSA) is 41.1 Å². The van der Waals surface area contributed by atoms with E-state index in [2.05, 4.69) is 26.6 Å². The summed E-state index contributed by atoms with van der Waals surface area (Å²) >= 11 is 3.32. The average molecular weight is 273 g/mol. The highest BCUT2D eigenvalue weighted by atomic mass is 79.9. The van der Waals surface area contributed by atoms with Gasteiger partial charge in [0.1, 0.15) is 11.5 Å². The lowest BCUT2D eigenvalue weighted by Crippen LogP contribution is -2.19. The van der Waals surface area contributed by atoms with E-state index in [0.29, 0.717) is 12.1 Å². The van der Waals surface area contributed by atoms with E-state index in [-0.39, 0.29) is 17.6 Å². The predicted molar refractivity (Wildman–Crippen MR) is 60.4 cm³/mol. The number of rotatable bonds is 0. The van der Waals surface area contributed by atoms with Crippen molar-refractivity contribution in [1.29, 1.82) is 0 Å². The van der Waals surface area contributed by atoms with Crippen LogP contribution in [0.25, 0.3) is 0 Å². The Morgan fingerprint density at radius 1 is 1.47 bits per heavy atom. The summed E-state index contributed by atoms with van der Waals surface area (Å²) in [6.45, 7) is 1.88. The van der Waals surface area contributed by atoms with Gasteiger partial charge >= 0.3 is 0 Å². The lowest BCUT2D eigenvalue weighted by molar-refractivity contribution is -0.116. The summed E-state index contributed by atoms with van der Waals surface area (Å²) in [7, 11) is 0. The van der Waals surface area contributed by atoms with Gasteiger partial charge in [0.25, 0.3) is 0 Å². The lowest BCUT2D eigenvalue weighted by atomic mass is 10.2. The molecule has 0 radical (unpaired) electrons.